The fourth-order valence-corrected chi connectivity index (χ4v) is 3.49. The van der Waals surface area contributed by atoms with Crippen LogP contribution in [-0.4, -0.2) is 51.6 Å². The number of nitrogens with zero attached hydrogens (tertiary/aromatic N) is 3. The maximum Gasteiger partial charge on any atom is 0.270 e. The molecule has 1 aliphatic rings. The van der Waals surface area contributed by atoms with Crippen LogP contribution in [0.2, 0.25) is 5.15 Å². The number of nitrogens with one attached hydrogen (secondary N) is 1. The van der Waals surface area contributed by atoms with Crippen molar-refractivity contribution in [3.8, 4) is 0 Å². The predicted molar refractivity (Wildman–Crippen MR) is 105 cm³/mol. The predicted octanol–water partition coefficient (Wildman–Crippen LogP) is 2.23. The normalized spacial score (nSPS) is 15.2. The number of hydrogen-bond acceptors (Lipinski definition) is 5. The largest absolute Gasteiger partial charge is 0.390 e. The average molecular weight is 389 g/mol. The van der Waals surface area contributed by atoms with Crippen molar-refractivity contribution in [2.24, 2.45) is 0 Å². The quantitative estimate of drug-likeness (QED) is 0.711. The lowest BCUT2D eigenvalue weighted by Crippen LogP contribution is -2.42. The highest BCUT2D eigenvalue weighted by Gasteiger charge is 2.19. The molecule has 1 aromatic heterocycles. The van der Waals surface area contributed by atoms with Gasteiger partial charge in [0.05, 0.1) is 6.10 Å². The molecule has 3 rings (SSSR count). The van der Waals surface area contributed by atoms with Gasteiger partial charge in [-0.3, -0.25) is 9.69 Å². The molecule has 1 atom stereocenters. The third-order valence-electron chi connectivity index (χ3n) is 4.62. The number of halogens is 1. The Morgan fingerprint density at radius 2 is 2.11 bits per heavy atom. The summed E-state index contributed by atoms with van der Waals surface area (Å²) in [6.07, 6.45) is 1.88. The number of aryl methyl sites for hydroxylation is 1. The van der Waals surface area contributed by atoms with Gasteiger partial charge in [-0.2, -0.15) is 0 Å². The number of hydrogen-bond donors (Lipinski definition) is 2. The minimum Gasteiger partial charge on any atom is -0.390 e. The van der Waals surface area contributed by atoms with Crippen molar-refractivity contribution < 1.29 is 9.90 Å². The first-order valence-corrected chi connectivity index (χ1v) is 9.71. The van der Waals surface area contributed by atoms with E-state index in [1.54, 1.807) is 0 Å². The molecule has 1 amide bonds. The highest BCUT2D eigenvalue weighted by Crippen LogP contribution is 2.18. The minimum atomic E-state index is -0.647. The fourth-order valence-electron chi connectivity index (χ4n) is 3.29. The molecule has 6 nitrogen and oxygen atoms in total. The Bertz CT molecular complexity index is 799. The first-order chi connectivity index (χ1) is 13.0. The number of amides is 1. The van der Waals surface area contributed by atoms with E-state index in [0.29, 0.717) is 18.8 Å². The number of rotatable bonds is 7. The lowest BCUT2D eigenvalue weighted by molar-refractivity contribution is 0.0837. The van der Waals surface area contributed by atoms with Gasteiger partial charge in [-0.15, -0.1) is 0 Å². The van der Waals surface area contributed by atoms with E-state index in [4.69, 9.17) is 11.6 Å². The maximum absolute atomic E-state index is 12.3. The third kappa shape index (κ3) is 5.48. The van der Waals surface area contributed by atoms with Gasteiger partial charge in [0.2, 0.25) is 0 Å². The van der Waals surface area contributed by atoms with Crippen molar-refractivity contribution >= 4 is 17.5 Å². The molecular weight excluding hydrogens is 364 g/mol. The van der Waals surface area contributed by atoms with Crippen molar-refractivity contribution in [3.63, 3.8) is 0 Å². The second-order valence-corrected chi connectivity index (χ2v) is 7.25. The first kappa shape index (κ1) is 19.7. The van der Waals surface area contributed by atoms with Gasteiger partial charge >= 0.3 is 0 Å². The topological polar surface area (TPSA) is 78.3 Å². The Labute approximate surface area is 164 Å². The van der Waals surface area contributed by atoms with Gasteiger partial charge < -0.3 is 10.4 Å². The lowest BCUT2D eigenvalue weighted by Gasteiger charge is -2.30. The molecule has 1 unspecified atom stereocenters. The average Bonchev–Trinajstić information content (AvgIpc) is 2.66. The Morgan fingerprint density at radius 3 is 2.89 bits per heavy atom. The van der Waals surface area contributed by atoms with Crippen LogP contribution < -0.4 is 5.32 Å². The molecule has 0 aliphatic carbocycles. The van der Waals surface area contributed by atoms with E-state index >= 15 is 0 Å². The lowest BCUT2D eigenvalue weighted by atomic mass is 10.00. The Morgan fingerprint density at radius 1 is 1.33 bits per heavy atom. The molecule has 7 heteroatoms. The summed E-state index contributed by atoms with van der Waals surface area (Å²) in [4.78, 5) is 22.9. The zero-order chi connectivity index (χ0) is 19.2. The van der Waals surface area contributed by atoms with E-state index in [1.807, 2.05) is 13.0 Å². The molecule has 2 heterocycles. The van der Waals surface area contributed by atoms with E-state index < -0.39 is 6.10 Å². The summed E-state index contributed by atoms with van der Waals surface area (Å²) in [6.45, 7) is 4.42. The highest BCUT2D eigenvalue weighted by molar-refractivity contribution is 6.29. The molecule has 0 bridgehead atoms. The second kappa shape index (κ2) is 9.26. The number of fused-ring (bicyclic) bond motifs is 1. The van der Waals surface area contributed by atoms with Crippen molar-refractivity contribution in [3.05, 3.63) is 58.1 Å². The van der Waals surface area contributed by atoms with Crippen LogP contribution in [0.3, 0.4) is 0 Å². The summed E-state index contributed by atoms with van der Waals surface area (Å²) in [5, 5.41) is 13.3. The van der Waals surface area contributed by atoms with Crippen LogP contribution in [0.1, 0.15) is 40.8 Å². The van der Waals surface area contributed by atoms with Gasteiger partial charge in [-0.1, -0.05) is 42.8 Å². The number of carbonyl (C=O) groups excluding carboxylic acids is 1. The molecular formula is C20H25ClN4O2. The first-order valence-electron chi connectivity index (χ1n) is 9.34. The van der Waals surface area contributed by atoms with Crippen molar-refractivity contribution in [1.82, 2.24) is 20.2 Å². The van der Waals surface area contributed by atoms with Gasteiger partial charge in [0.15, 0.2) is 0 Å². The zero-order valence-electron chi connectivity index (χ0n) is 15.5. The van der Waals surface area contributed by atoms with E-state index in [9.17, 15) is 9.90 Å². The molecule has 0 spiro atoms. The smallest absolute Gasteiger partial charge is 0.270 e. The van der Waals surface area contributed by atoms with Crippen LogP contribution in [0.15, 0.2) is 30.3 Å². The van der Waals surface area contributed by atoms with Crippen LogP contribution in [0.25, 0.3) is 0 Å². The summed E-state index contributed by atoms with van der Waals surface area (Å²) in [5.41, 5.74) is 2.91. The Kier molecular flexibility index (Phi) is 6.77. The van der Waals surface area contributed by atoms with Gasteiger partial charge in [0, 0.05) is 38.7 Å². The van der Waals surface area contributed by atoms with Crippen molar-refractivity contribution in [2.45, 2.75) is 38.8 Å². The zero-order valence-corrected chi connectivity index (χ0v) is 16.2. The summed E-state index contributed by atoms with van der Waals surface area (Å²) < 4.78 is 0. The SMILES string of the molecule is CCCc1nc(Cl)cc(C(=O)NCC(O)CN2CCc3ccccc3C2)n1. The van der Waals surface area contributed by atoms with Crippen LogP contribution in [0, 0.1) is 0 Å². The number of aliphatic hydroxyl groups excluding tert-OH is 1. The van der Waals surface area contributed by atoms with Crippen molar-refractivity contribution in [1.29, 1.82) is 0 Å². The second-order valence-electron chi connectivity index (χ2n) is 6.86. The number of aromatic nitrogens is 2. The molecule has 0 saturated heterocycles. The van der Waals surface area contributed by atoms with E-state index in [2.05, 4.69) is 38.4 Å². The molecule has 1 aromatic carbocycles. The molecule has 144 valence electrons. The summed E-state index contributed by atoms with van der Waals surface area (Å²) >= 11 is 5.98. The monoisotopic (exact) mass is 388 g/mol. The van der Waals surface area contributed by atoms with Gasteiger partial charge in [0.25, 0.3) is 5.91 Å². The van der Waals surface area contributed by atoms with Crippen LogP contribution in [-0.2, 0) is 19.4 Å². The fraction of sp³-hybridized carbons (Fsp3) is 0.450. The summed E-state index contributed by atoms with van der Waals surface area (Å²) in [5.74, 6) is 0.211. The molecule has 0 saturated carbocycles. The standard InChI is InChI=1S/C20H25ClN4O2/c1-2-5-19-23-17(10-18(21)24-19)20(27)22-11-16(26)13-25-9-8-14-6-3-4-7-15(14)12-25/h3-4,6-7,10,16,26H,2,5,8-9,11-13H2,1H3,(H,22,27). The summed E-state index contributed by atoms with van der Waals surface area (Å²) in [7, 11) is 0. The maximum atomic E-state index is 12.3. The van der Waals surface area contributed by atoms with Crippen LogP contribution in [0.5, 0.6) is 0 Å². The summed E-state index contributed by atoms with van der Waals surface area (Å²) in [6, 6.07) is 9.83. The number of aliphatic hydroxyl groups is 1. The molecule has 2 aromatic rings. The van der Waals surface area contributed by atoms with Gasteiger partial charge in [0.1, 0.15) is 16.7 Å². The molecule has 2 N–H and O–H groups in total. The molecule has 1 aliphatic heterocycles. The number of carbonyl (C=O) groups is 1. The van der Waals surface area contributed by atoms with E-state index in [-0.39, 0.29) is 23.3 Å². The van der Waals surface area contributed by atoms with Crippen LogP contribution >= 0.6 is 11.6 Å². The van der Waals surface area contributed by atoms with Crippen LogP contribution in [0.4, 0.5) is 0 Å². The van der Waals surface area contributed by atoms with Gasteiger partial charge in [-0.25, -0.2) is 9.97 Å². The van der Waals surface area contributed by atoms with E-state index in [1.165, 1.54) is 17.2 Å². The van der Waals surface area contributed by atoms with Gasteiger partial charge in [-0.05, 0) is 24.0 Å². The molecule has 0 fully saturated rings. The number of benzene rings is 1. The molecule has 27 heavy (non-hydrogen) atoms. The third-order valence-corrected chi connectivity index (χ3v) is 4.82. The Balaban J connectivity index is 1.51. The molecule has 0 radical (unpaired) electrons. The Hall–Kier alpha value is -2.02. The van der Waals surface area contributed by atoms with Crippen molar-refractivity contribution in [2.75, 3.05) is 19.6 Å². The minimum absolute atomic E-state index is 0.168. The van der Waals surface area contributed by atoms with E-state index in [0.717, 1.165) is 25.9 Å². The number of β-amino-alcohol motifs (C(OH)–C–C–N with tert-alkyl or cyclic N) is 1. The highest BCUT2D eigenvalue weighted by atomic mass is 35.5.